The Morgan fingerprint density at radius 3 is 2.94 bits per heavy atom. The highest BCUT2D eigenvalue weighted by Crippen LogP contribution is 2.24. The van der Waals surface area contributed by atoms with E-state index < -0.39 is 12.1 Å². The molecular weight excluding hydrogens is 247 g/mol. The van der Waals surface area contributed by atoms with Gasteiger partial charge in [0, 0.05) is 16.7 Å². The molecule has 3 nitrogen and oxygen atoms in total. The van der Waals surface area contributed by atoms with E-state index in [4.69, 9.17) is 21.4 Å². The molecule has 92 valence electrons. The van der Waals surface area contributed by atoms with Crippen molar-refractivity contribution in [3.05, 3.63) is 34.9 Å². The van der Waals surface area contributed by atoms with Crippen molar-refractivity contribution in [2.75, 3.05) is 6.61 Å². The Morgan fingerprint density at radius 2 is 2.35 bits per heavy atom. The van der Waals surface area contributed by atoms with Crippen LogP contribution in [0.2, 0.25) is 5.02 Å². The Kier molecular flexibility index (Phi) is 4.97. The summed E-state index contributed by atoms with van der Waals surface area (Å²) in [7, 11) is 0. The first-order valence-electron chi connectivity index (χ1n) is 4.96. The van der Waals surface area contributed by atoms with Crippen LogP contribution in [0.3, 0.4) is 0 Å². The third-order valence-corrected chi connectivity index (χ3v) is 2.08. The number of hydrogen-bond donors (Lipinski definition) is 1. The Morgan fingerprint density at radius 1 is 1.65 bits per heavy atom. The van der Waals surface area contributed by atoms with Crippen LogP contribution >= 0.6 is 11.6 Å². The fraction of sp³-hybridized carbons (Fsp3) is 0.250. The summed E-state index contributed by atoms with van der Waals surface area (Å²) in [6.45, 7) is 1.29. The number of ether oxygens (including phenoxy) is 1. The number of halogens is 2. The van der Waals surface area contributed by atoms with E-state index >= 15 is 0 Å². The van der Waals surface area contributed by atoms with E-state index in [0.717, 1.165) is 6.08 Å². The van der Waals surface area contributed by atoms with Gasteiger partial charge in [0.25, 0.3) is 0 Å². The molecule has 0 saturated carbocycles. The first-order valence-corrected chi connectivity index (χ1v) is 5.34. The monoisotopic (exact) mass is 258 g/mol. The lowest BCUT2D eigenvalue weighted by Gasteiger charge is -2.10. The maximum Gasteiger partial charge on any atom is 0.328 e. The number of hydrogen-bond acceptors (Lipinski definition) is 2. The van der Waals surface area contributed by atoms with Gasteiger partial charge in [0.15, 0.2) is 0 Å². The van der Waals surface area contributed by atoms with Gasteiger partial charge in [0.2, 0.25) is 0 Å². The van der Waals surface area contributed by atoms with Crippen molar-refractivity contribution in [3.63, 3.8) is 0 Å². The minimum atomic E-state index is -1.10. The number of rotatable bonds is 5. The quantitative estimate of drug-likeness (QED) is 0.825. The molecule has 0 saturated heterocycles. The third kappa shape index (κ3) is 4.87. The second kappa shape index (κ2) is 6.25. The summed E-state index contributed by atoms with van der Waals surface area (Å²) in [6.07, 6.45) is 1.23. The highest BCUT2D eigenvalue weighted by Gasteiger charge is 2.05. The van der Waals surface area contributed by atoms with Crippen LogP contribution in [0.25, 0.3) is 6.08 Å². The molecule has 17 heavy (non-hydrogen) atoms. The molecule has 0 spiro atoms. The summed E-state index contributed by atoms with van der Waals surface area (Å²) < 4.78 is 17.9. The zero-order valence-electron chi connectivity index (χ0n) is 9.19. The number of benzene rings is 1. The molecule has 1 rings (SSSR count). The van der Waals surface area contributed by atoms with Crippen LogP contribution in [-0.2, 0) is 4.79 Å². The molecule has 1 atom stereocenters. The molecule has 0 aliphatic carbocycles. The van der Waals surface area contributed by atoms with Gasteiger partial charge in [-0.3, -0.25) is 0 Å². The number of carbonyl (C=O) groups is 1. The predicted octanol–water partition coefficient (Wildman–Crippen LogP) is 3.17. The maximum absolute atomic E-state index is 12.6. The minimum absolute atomic E-state index is 0.0878. The van der Waals surface area contributed by atoms with E-state index in [1.807, 2.05) is 0 Å². The van der Waals surface area contributed by atoms with Crippen molar-refractivity contribution in [1.29, 1.82) is 0 Å². The normalized spacial score (nSPS) is 12.6. The summed E-state index contributed by atoms with van der Waals surface area (Å²) in [5, 5.41) is 8.99. The number of aliphatic carboxylic acids is 1. The first kappa shape index (κ1) is 13.5. The van der Waals surface area contributed by atoms with E-state index in [1.165, 1.54) is 13.0 Å². The largest absolute Gasteiger partial charge is 0.490 e. The van der Waals surface area contributed by atoms with Gasteiger partial charge >= 0.3 is 5.97 Å². The summed E-state index contributed by atoms with van der Waals surface area (Å²) in [5.41, 5.74) is 0.501. The van der Waals surface area contributed by atoms with Crippen molar-refractivity contribution in [2.24, 2.45) is 0 Å². The SMILES string of the molecule is CC(F)COc1ccc(Cl)cc1/C=C\C(=O)O. The molecule has 0 bridgehead atoms. The molecule has 0 aromatic heterocycles. The summed E-state index contributed by atoms with van der Waals surface area (Å²) in [6, 6.07) is 4.73. The first-order chi connectivity index (χ1) is 7.99. The van der Waals surface area contributed by atoms with Crippen LogP contribution in [0.5, 0.6) is 5.75 Å². The van der Waals surface area contributed by atoms with Crippen LogP contribution < -0.4 is 4.74 Å². The predicted molar refractivity (Wildman–Crippen MR) is 64.2 cm³/mol. The zero-order chi connectivity index (χ0) is 12.8. The Labute approximate surface area is 103 Å². The topological polar surface area (TPSA) is 46.5 Å². The van der Waals surface area contributed by atoms with Crippen molar-refractivity contribution >= 4 is 23.6 Å². The van der Waals surface area contributed by atoms with E-state index in [-0.39, 0.29) is 6.61 Å². The lowest BCUT2D eigenvalue weighted by Crippen LogP contribution is -2.08. The lowest BCUT2D eigenvalue weighted by molar-refractivity contribution is -0.131. The lowest BCUT2D eigenvalue weighted by atomic mass is 10.2. The van der Waals surface area contributed by atoms with Crippen molar-refractivity contribution in [3.8, 4) is 5.75 Å². The average Bonchev–Trinajstić information content (AvgIpc) is 2.24. The Hall–Kier alpha value is -1.55. The molecule has 0 aliphatic rings. The highest BCUT2D eigenvalue weighted by atomic mass is 35.5. The molecule has 1 unspecified atom stereocenters. The third-order valence-electron chi connectivity index (χ3n) is 1.85. The molecule has 0 radical (unpaired) electrons. The molecular formula is C12H12ClFO3. The van der Waals surface area contributed by atoms with Crippen LogP contribution in [0.15, 0.2) is 24.3 Å². The van der Waals surface area contributed by atoms with Gasteiger partial charge in [0.05, 0.1) is 0 Å². The van der Waals surface area contributed by atoms with Crippen molar-refractivity contribution < 1.29 is 19.0 Å². The molecule has 1 aromatic rings. The smallest absolute Gasteiger partial charge is 0.328 e. The summed E-state index contributed by atoms with van der Waals surface area (Å²) in [5.74, 6) is -0.675. The molecule has 1 N–H and O–H groups in total. The zero-order valence-corrected chi connectivity index (χ0v) is 9.95. The van der Waals surface area contributed by atoms with E-state index in [1.54, 1.807) is 18.2 Å². The Balaban J connectivity index is 2.91. The molecule has 1 aromatic carbocycles. The average molecular weight is 259 g/mol. The Bertz CT molecular complexity index is 430. The molecule has 0 fully saturated rings. The fourth-order valence-corrected chi connectivity index (χ4v) is 1.33. The molecule has 0 heterocycles. The second-order valence-corrected chi connectivity index (χ2v) is 3.88. The van der Waals surface area contributed by atoms with Crippen LogP contribution in [0.4, 0.5) is 4.39 Å². The summed E-state index contributed by atoms with van der Waals surface area (Å²) >= 11 is 5.78. The second-order valence-electron chi connectivity index (χ2n) is 3.45. The summed E-state index contributed by atoms with van der Waals surface area (Å²) in [4.78, 5) is 10.4. The maximum atomic E-state index is 12.6. The number of alkyl halides is 1. The van der Waals surface area contributed by atoms with Gasteiger partial charge in [-0.2, -0.15) is 0 Å². The molecule has 5 heteroatoms. The molecule has 0 aliphatic heterocycles. The van der Waals surface area contributed by atoms with Gasteiger partial charge in [-0.15, -0.1) is 0 Å². The van der Waals surface area contributed by atoms with Crippen molar-refractivity contribution in [1.82, 2.24) is 0 Å². The van der Waals surface area contributed by atoms with E-state index in [0.29, 0.717) is 16.3 Å². The van der Waals surface area contributed by atoms with Gasteiger partial charge in [-0.05, 0) is 31.2 Å². The van der Waals surface area contributed by atoms with Gasteiger partial charge in [-0.1, -0.05) is 11.6 Å². The van der Waals surface area contributed by atoms with Crippen molar-refractivity contribution in [2.45, 2.75) is 13.1 Å². The standard InChI is InChI=1S/C12H12ClFO3/c1-8(14)7-17-11-4-3-10(13)6-9(11)2-5-12(15)16/h2-6,8H,7H2,1H3,(H,15,16)/b5-2-. The highest BCUT2D eigenvalue weighted by molar-refractivity contribution is 6.30. The number of carboxylic acid groups (broad SMARTS) is 1. The van der Waals surface area contributed by atoms with E-state index in [9.17, 15) is 9.18 Å². The molecule has 0 amide bonds. The van der Waals surface area contributed by atoms with Crippen LogP contribution in [-0.4, -0.2) is 23.9 Å². The number of carboxylic acids is 1. The van der Waals surface area contributed by atoms with Gasteiger partial charge in [0.1, 0.15) is 18.5 Å². The minimum Gasteiger partial charge on any atom is -0.490 e. The fourth-order valence-electron chi connectivity index (χ4n) is 1.15. The van der Waals surface area contributed by atoms with Crippen LogP contribution in [0, 0.1) is 0 Å². The van der Waals surface area contributed by atoms with Gasteiger partial charge in [-0.25, -0.2) is 9.18 Å². The van der Waals surface area contributed by atoms with E-state index in [2.05, 4.69) is 0 Å². The van der Waals surface area contributed by atoms with Crippen LogP contribution in [0.1, 0.15) is 12.5 Å². The van der Waals surface area contributed by atoms with Gasteiger partial charge < -0.3 is 9.84 Å².